The van der Waals surface area contributed by atoms with E-state index < -0.39 is 5.41 Å². The Kier molecular flexibility index (Phi) is 6.21. The van der Waals surface area contributed by atoms with E-state index in [2.05, 4.69) is 10.9 Å². The molecule has 0 unspecified atom stereocenters. The third-order valence-corrected chi connectivity index (χ3v) is 5.62. The van der Waals surface area contributed by atoms with Gasteiger partial charge in [0.05, 0.1) is 21.1 Å². The average Bonchev–Trinajstić information content (AvgIpc) is 2.61. The van der Waals surface area contributed by atoms with Crippen LogP contribution in [-0.4, -0.2) is 19.1 Å². The number of carbonyl (C=O) groups excluding carboxylic acids is 1. The van der Waals surface area contributed by atoms with Crippen molar-refractivity contribution in [2.45, 2.75) is 18.3 Å². The van der Waals surface area contributed by atoms with Crippen molar-refractivity contribution in [3.05, 3.63) is 62.1 Å². The summed E-state index contributed by atoms with van der Waals surface area (Å²) in [6.45, 7) is 0.947. The van der Waals surface area contributed by atoms with Crippen molar-refractivity contribution in [2.75, 3.05) is 18.6 Å². The van der Waals surface area contributed by atoms with E-state index in [1.807, 2.05) is 18.2 Å². The highest BCUT2D eigenvalue weighted by molar-refractivity contribution is 6.41. The van der Waals surface area contributed by atoms with E-state index in [-0.39, 0.29) is 5.91 Å². The van der Waals surface area contributed by atoms with Crippen LogP contribution in [0, 0.1) is 0 Å². The number of carbonyl (C=O) groups is 1. The Labute approximate surface area is 171 Å². The number of hydrogen-bond acceptors (Lipinski definition) is 3. The second-order valence-corrected chi connectivity index (χ2v) is 7.66. The Morgan fingerprint density at radius 2 is 1.58 bits per heavy atom. The first-order chi connectivity index (χ1) is 12.4. The van der Waals surface area contributed by atoms with Crippen molar-refractivity contribution in [1.82, 2.24) is 5.43 Å². The molecule has 26 heavy (non-hydrogen) atoms. The number of hydrogen-bond donors (Lipinski definition) is 2. The number of amides is 1. The summed E-state index contributed by atoms with van der Waals surface area (Å²) in [6.07, 6.45) is 1.04. The molecule has 0 bridgehead atoms. The lowest BCUT2D eigenvalue weighted by molar-refractivity contribution is -0.129. The van der Waals surface area contributed by atoms with Gasteiger partial charge < -0.3 is 4.74 Å². The maximum absolute atomic E-state index is 13.1. The van der Waals surface area contributed by atoms with Gasteiger partial charge in [-0.1, -0.05) is 64.6 Å². The van der Waals surface area contributed by atoms with E-state index in [9.17, 15) is 4.79 Å². The van der Waals surface area contributed by atoms with Crippen molar-refractivity contribution >= 4 is 58.0 Å². The SMILES string of the molecule is O=C(NNc1c(Cl)cc(Cl)cc1Cl)C1(c2ccccc2Cl)CCOCC1. The Hall–Kier alpha value is -1.17. The molecule has 0 saturated carbocycles. The zero-order valence-corrected chi connectivity index (χ0v) is 16.6. The second kappa shape index (κ2) is 8.24. The summed E-state index contributed by atoms with van der Waals surface area (Å²) in [7, 11) is 0. The molecule has 0 radical (unpaired) electrons. The minimum Gasteiger partial charge on any atom is -0.381 e. The molecule has 0 aliphatic carbocycles. The molecule has 3 rings (SSSR count). The van der Waals surface area contributed by atoms with Crippen molar-refractivity contribution in [3.63, 3.8) is 0 Å². The molecule has 2 N–H and O–H groups in total. The Morgan fingerprint density at radius 3 is 2.19 bits per heavy atom. The van der Waals surface area contributed by atoms with Gasteiger partial charge in [-0.25, -0.2) is 0 Å². The van der Waals surface area contributed by atoms with Gasteiger partial charge in [-0.2, -0.15) is 0 Å². The molecule has 2 aromatic carbocycles. The fraction of sp³-hybridized carbons (Fsp3) is 0.278. The Morgan fingerprint density at radius 1 is 0.962 bits per heavy atom. The van der Waals surface area contributed by atoms with Gasteiger partial charge in [-0.15, -0.1) is 0 Å². The summed E-state index contributed by atoms with van der Waals surface area (Å²) in [5, 5.41) is 1.57. The molecule has 2 aromatic rings. The number of anilines is 1. The molecule has 0 spiro atoms. The molecule has 138 valence electrons. The van der Waals surface area contributed by atoms with Crippen molar-refractivity contribution in [1.29, 1.82) is 0 Å². The topological polar surface area (TPSA) is 50.4 Å². The predicted molar refractivity (Wildman–Crippen MR) is 106 cm³/mol. The number of halogens is 4. The van der Waals surface area contributed by atoms with Crippen LogP contribution in [0.15, 0.2) is 36.4 Å². The van der Waals surface area contributed by atoms with Crippen LogP contribution in [0.3, 0.4) is 0 Å². The summed E-state index contributed by atoms with van der Waals surface area (Å²) < 4.78 is 5.45. The first-order valence-electron chi connectivity index (χ1n) is 7.98. The van der Waals surface area contributed by atoms with Crippen molar-refractivity contribution < 1.29 is 9.53 Å². The molecule has 1 saturated heterocycles. The number of nitrogens with one attached hydrogen (secondary N) is 2. The minimum absolute atomic E-state index is 0.226. The predicted octanol–water partition coefficient (Wildman–Crippen LogP) is 5.49. The van der Waals surface area contributed by atoms with E-state index in [4.69, 9.17) is 51.1 Å². The molecule has 1 aliphatic rings. The van der Waals surface area contributed by atoms with Crippen LogP contribution in [0.25, 0.3) is 0 Å². The number of ether oxygens (including phenoxy) is 1. The van der Waals surface area contributed by atoms with Crippen LogP contribution in [0.1, 0.15) is 18.4 Å². The van der Waals surface area contributed by atoms with Crippen LogP contribution in [-0.2, 0) is 14.9 Å². The van der Waals surface area contributed by atoms with Gasteiger partial charge >= 0.3 is 0 Å². The van der Waals surface area contributed by atoms with Crippen LogP contribution >= 0.6 is 46.4 Å². The standard InChI is InChI=1S/C18H16Cl4N2O2/c19-11-9-14(21)16(15(22)10-11)23-24-17(25)18(5-7-26-8-6-18)12-3-1-2-4-13(12)20/h1-4,9-10,23H,5-8H2,(H,24,25). The highest BCUT2D eigenvalue weighted by Gasteiger charge is 2.43. The van der Waals surface area contributed by atoms with Gasteiger partial charge in [0.15, 0.2) is 0 Å². The second-order valence-electron chi connectivity index (χ2n) is 6.00. The minimum atomic E-state index is -0.797. The smallest absolute Gasteiger partial charge is 0.249 e. The van der Waals surface area contributed by atoms with Crippen molar-refractivity contribution in [3.8, 4) is 0 Å². The summed E-state index contributed by atoms with van der Waals surface area (Å²) in [4.78, 5) is 13.1. The van der Waals surface area contributed by atoms with Gasteiger partial charge in [0.25, 0.3) is 0 Å². The lowest BCUT2D eigenvalue weighted by Crippen LogP contribution is -2.49. The summed E-state index contributed by atoms with van der Waals surface area (Å²) in [5.41, 5.74) is 5.90. The molecular formula is C18H16Cl4N2O2. The first kappa shape index (κ1) is 19.6. The molecule has 0 aromatic heterocycles. The quantitative estimate of drug-likeness (QED) is 0.626. The number of hydrazine groups is 1. The van der Waals surface area contributed by atoms with E-state index >= 15 is 0 Å². The molecule has 1 amide bonds. The molecule has 1 fully saturated rings. The Bertz CT molecular complexity index is 800. The van der Waals surface area contributed by atoms with Crippen LogP contribution in [0.5, 0.6) is 0 Å². The molecule has 8 heteroatoms. The van der Waals surface area contributed by atoms with Gasteiger partial charge in [0, 0.05) is 23.3 Å². The van der Waals surface area contributed by atoms with Gasteiger partial charge in [-0.3, -0.25) is 15.6 Å². The van der Waals surface area contributed by atoms with Gasteiger partial charge in [0.1, 0.15) is 0 Å². The fourth-order valence-electron chi connectivity index (χ4n) is 3.09. The molecule has 4 nitrogen and oxygen atoms in total. The Balaban J connectivity index is 1.87. The summed E-state index contributed by atoms with van der Waals surface area (Å²) in [5.74, 6) is -0.226. The maximum atomic E-state index is 13.1. The maximum Gasteiger partial charge on any atom is 0.249 e. The van der Waals surface area contributed by atoms with Gasteiger partial charge in [-0.05, 0) is 36.6 Å². The summed E-state index contributed by atoms with van der Waals surface area (Å²) in [6, 6.07) is 10.4. The highest BCUT2D eigenvalue weighted by atomic mass is 35.5. The fourth-order valence-corrected chi connectivity index (χ4v) is 4.32. The van der Waals surface area contributed by atoms with Crippen LogP contribution in [0.2, 0.25) is 20.1 Å². The van der Waals surface area contributed by atoms with E-state index in [1.54, 1.807) is 18.2 Å². The lowest BCUT2D eigenvalue weighted by Gasteiger charge is -2.36. The first-order valence-corrected chi connectivity index (χ1v) is 9.49. The zero-order valence-electron chi connectivity index (χ0n) is 13.6. The third-order valence-electron chi connectivity index (χ3n) is 4.48. The molecular weight excluding hydrogens is 418 g/mol. The number of rotatable bonds is 4. The monoisotopic (exact) mass is 432 g/mol. The van der Waals surface area contributed by atoms with E-state index in [1.165, 1.54) is 0 Å². The largest absolute Gasteiger partial charge is 0.381 e. The highest BCUT2D eigenvalue weighted by Crippen LogP contribution is 2.39. The van der Waals surface area contributed by atoms with Crippen molar-refractivity contribution in [2.24, 2.45) is 0 Å². The lowest BCUT2D eigenvalue weighted by atomic mass is 9.73. The van der Waals surface area contributed by atoms with E-state index in [0.29, 0.717) is 51.8 Å². The molecule has 0 atom stereocenters. The zero-order chi connectivity index (χ0) is 18.7. The van der Waals surface area contributed by atoms with Crippen LogP contribution in [0.4, 0.5) is 5.69 Å². The third kappa shape index (κ3) is 3.90. The normalized spacial score (nSPS) is 16.2. The molecule has 1 aliphatic heterocycles. The summed E-state index contributed by atoms with van der Waals surface area (Å²) >= 11 is 24.6. The van der Waals surface area contributed by atoms with E-state index in [0.717, 1.165) is 5.56 Å². The van der Waals surface area contributed by atoms with Crippen LogP contribution < -0.4 is 10.9 Å². The number of benzene rings is 2. The van der Waals surface area contributed by atoms with Gasteiger partial charge in [0.2, 0.25) is 5.91 Å². The average molecular weight is 434 g/mol. The molecule has 1 heterocycles.